The summed E-state index contributed by atoms with van der Waals surface area (Å²) < 4.78 is 0. The first-order valence-corrected chi connectivity index (χ1v) is 7.40. The smallest absolute Gasteiger partial charge is 0.189 e. The molecule has 4 heteroatoms. The molecule has 1 aliphatic heterocycles. The Labute approximate surface area is 130 Å². The van der Waals surface area contributed by atoms with Gasteiger partial charge in [0.05, 0.1) is 6.54 Å². The number of rotatable bonds is 4. The van der Waals surface area contributed by atoms with Gasteiger partial charge < -0.3 is 4.90 Å². The zero-order valence-electron chi connectivity index (χ0n) is 12.8. The number of Topliss-reactive ketones (excluding diaryl/α,β-unsaturated/α-hetero) is 1. The van der Waals surface area contributed by atoms with Crippen molar-refractivity contribution in [3.05, 3.63) is 65.7 Å². The van der Waals surface area contributed by atoms with Gasteiger partial charge in [-0.15, -0.1) is 0 Å². The Hall–Kier alpha value is -2.49. The molecule has 0 aromatic heterocycles. The monoisotopic (exact) mass is 293 g/mol. The highest BCUT2D eigenvalue weighted by molar-refractivity contribution is 6.01. The van der Waals surface area contributed by atoms with Crippen molar-refractivity contribution in [1.82, 2.24) is 0 Å². The summed E-state index contributed by atoms with van der Waals surface area (Å²) in [4.78, 5) is 14.8. The molecular weight excluding hydrogens is 274 g/mol. The third-order valence-corrected chi connectivity index (χ3v) is 4.03. The van der Waals surface area contributed by atoms with Crippen LogP contribution in [0, 0.1) is 0 Å². The molecule has 2 aromatic rings. The molecule has 3 rings (SSSR count). The van der Waals surface area contributed by atoms with Gasteiger partial charge in [0.2, 0.25) is 0 Å². The summed E-state index contributed by atoms with van der Waals surface area (Å²) in [6, 6.07) is 17.3. The summed E-state index contributed by atoms with van der Waals surface area (Å²) in [5.41, 5.74) is 2.89. The van der Waals surface area contributed by atoms with Crippen molar-refractivity contribution in [2.45, 2.75) is 12.0 Å². The molecule has 0 amide bonds. The minimum absolute atomic E-state index is 0.0420. The lowest BCUT2D eigenvalue weighted by Crippen LogP contribution is -2.25. The predicted octanol–water partition coefficient (Wildman–Crippen LogP) is 3.55. The third kappa shape index (κ3) is 2.77. The van der Waals surface area contributed by atoms with Gasteiger partial charge in [-0.2, -0.15) is 10.2 Å². The van der Waals surface area contributed by atoms with E-state index < -0.39 is 6.04 Å². The minimum Gasteiger partial charge on any atom is -0.378 e. The molecule has 4 nitrogen and oxygen atoms in total. The molecule has 1 heterocycles. The Balaban J connectivity index is 1.83. The van der Waals surface area contributed by atoms with Crippen LogP contribution in [0.5, 0.6) is 0 Å². The molecule has 1 aliphatic rings. The van der Waals surface area contributed by atoms with E-state index in [0.717, 1.165) is 11.3 Å². The minimum atomic E-state index is -0.410. The summed E-state index contributed by atoms with van der Waals surface area (Å²) in [5, 5.41) is 8.30. The molecule has 2 unspecified atom stereocenters. The van der Waals surface area contributed by atoms with E-state index in [1.54, 1.807) is 0 Å². The normalized spacial score (nSPS) is 20.1. The van der Waals surface area contributed by atoms with Gasteiger partial charge in [0.1, 0.15) is 6.04 Å². The highest BCUT2D eigenvalue weighted by atomic mass is 16.1. The van der Waals surface area contributed by atoms with E-state index in [1.807, 2.05) is 73.6 Å². The number of carbonyl (C=O) groups is 1. The van der Waals surface area contributed by atoms with Crippen LogP contribution >= 0.6 is 0 Å². The molecule has 22 heavy (non-hydrogen) atoms. The second-order valence-corrected chi connectivity index (χ2v) is 5.71. The maximum absolute atomic E-state index is 12.7. The van der Waals surface area contributed by atoms with Gasteiger partial charge in [-0.05, 0) is 29.8 Å². The van der Waals surface area contributed by atoms with Gasteiger partial charge in [0.25, 0.3) is 0 Å². The molecule has 2 atom stereocenters. The highest BCUT2D eigenvalue weighted by Crippen LogP contribution is 2.30. The van der Waals surface area contributed by atoms with Crippen LogP contribution in [0.15, 0.2) is 64.8 Å². The zero-order chi connectivity index (χ0) is 15.5. The SMILES string of the molecule is CN(C)c1ccc(C(=O)C2N=NCC2c2ccccc2)cc1. The van der Waals surface area contributed by atoms with Crippen LogP contribution in [0.4, 0.5) is 5.69 Å². The number of carbonyl (C=O) groups excluding carboxylic acids is 1. The molecule has 0 N–H and O–H groups in total. The Morgan fingerprint density at radius 3 is 2.36 bits per heavy atom. The highest BCUT2D eigenvalue weighted by Gasteiger charge is 2.33. The van der Waals surface area contributed by atoms with Crippen molar-refractivity contribution in [1.29, 1.82) is 0 Å². The number of azo groups is 1. The van der Waals surface area contributed by atoms with Crippen LogP contribution in [0.1, 0.15) is 21.8 Å². The summed E-state index contributed by atoms with van der Waals surface area (Å²) in [7, 11) is 3.96. The van der Waals surface area contributed by atoms with E-state index in [1.165, 1.54) is 0 Å². The van der Waals surface area contributed by atoms with Crippen LogP contribution in [0.3, 0.4) is 0 Å². The summed E-state index contributed by atoms with van der Waals surface area (Å²) in [6.45, 7) is 0.580. The van der Waals surface area contributed by atoms with E-state index in [4.69, 9.17) is 0 Å². The maximum Gasteiger partial charge on any atom is 0.189 e. The lowest BCUT2D eigenvalue weighted by Gasteiger charge is -2.17. The molecule has 112 valence electrons. The molecule has 0 aliphatic carbocycles. The van der Waals surface area contributed by atoms with Crippen molar-refractivity contribution in [2.75, 3.05) is 25.5 Å². The van der Waals surface area contributed by atoms with E-state index in [2.05, 4.69) is 10.2 Å². The summed E-state index contributed by atoms with van der Waals surface area (Å²) in [5.74, 6) is 0.0858. The van der Waals surface area contributed by atoms with Crippen molar-refractivity contribution in [3.63, 3.8) is 0 Å². The Bertz CT molecular complexity index is 677. The molecule has 0 saturated heterocycles. The summed E-state index contributed by atoms with van der Waals surface area (Å²) in [6.07, 6.45) is 0. The Kier molecular flexibility index (Phi) is 4.00. The molecule has 0 fully saturated rings. The number of benzene rings is 2. The fourth-order valence-electron chi connectivity index (χ4n) is 2.72. The van der Waals surface area contributed by atoms with Crippen molar-refractivity contribution in [2.24, 2.45) is 10.2 Å². The van der Waals surface area contributed by atoms with Gasteiger partial charge in [-0.1, -0.05) is 30.3 Å². The predicted molar refractivity (Wildman–Crippen MR) is 87.8 cm³/mol. The molecule has 0 spiro atoms. The van der Waals surface area contributed by atoms with Gasteiger partial charge in [0.15, 0.2) is 5.78 Å². The van der Waals surface area contributed by atoms with Crippen LogP contribution in [-0.4, -0.2) is 32.5 Å². The first-order chi connectivity index (χ1) is 10.7. The number of hydrogen-bond acceptors (Lipinski definition) is 4. The first kappa shape index (κ1) is 14.4. The number of nitrogens with zero attached hydrogens (tertiary/aromatic N) is 3. The fourth-order valence-corrected chi connectivity index (χ4v) is 2.72. The second-order valence-electron chi connectivity index (χ2n) is 5.71. The van der Waals surface area contributed by atoms with E-state index >= 15 is 0 Å². The van der Waals surface area contributed by atoms with Crippen molar-refractivity contribution >= 4 is 11.5 Å². The molecular formula is C18H19N3O. The van der Waals surface area contributed by atoms with Crippen LogP contribution < -0.4 is 4.90 Å². The largest absolute Gasteiger partial charge is 0.378 e. The van der Waals surface area contributed by atoms with Crippen LogP contribution in [-0.2, 0) is 0 Å². The summed E-state index contributed by atoms with van der Waals surface area (Å²) >= 11 is 0. The zero-order valence-corrected chi connectivity index (χ0v) is 12.8. The van der Waals surface area contributed by atoms with Crippen LogP contribution in [0.2, 0.25) is 0 Å². The third-order valence-electron chi connectivity index (χ3n) is 4.03. The Morgan fingerprint density at radius 1 is 1.05 bits per heavy atom. The quantitative estimate of drug-likeness (QED) is 0.809. The lowest BCUT2D eigenvalue weighted by molar-refractivity contribution is 0.0956. The first-order valence-electron chi connectivity index (χ1n) is 7.40. The van der Waals surface area contributed by atoms with Gasteiger partial charge in [-0.25, -0.2) is 0 Å². The average Bonchev–Trinajstić information content (AvgIpc) is 3.04. The van der Waals surface area contributed by atoms with Gasteiger partial charge in [-0.3, -0.25) is 4.79 Å². The molecule has 0 radical (unpaired) electrons. The van der Waals surface area contributed by atoms with Gasteiger partial charge >= 0.3 is 0 Å². The average molecular weight is 293 g/mol. The maximum atomic E-state index is 12.7. The molecule has 0 bridgehead atoms. The number of hydrogen-bond donors (Lipinski definition) is 0. The molecule has 0 saturated carbocycles. The second kappa shape index (κ2) is 6.10. The van der Waals surface area contributed by atoms with E-state index in [9.17, 15) is 4.79 Å². The number of anilines is 1. The van der Waals surface area contributed by atoms with E-state index in [-0.39, 0.29) is 11.7 Å². The Morgan fingerprint density at radius 2 is 1.73 bits per heavy atom. The fraction of sp³-hybridized carbons (Fsp3) is 0.278. The van der Waals surface area contributed by atoms with Crippen molar-refractivity contribution < 1.29 is 4.79 Å². The topological polar surface area (TPSA) is 45.0 Å². The van der Waals surface area contributed by atoms with Crippen molar-refractivity contribution in [3.8, 4) is 0 Å². The van der Waals surface area contributed by atoms with E-state index in [0.29, 0.717) is 12.1 Å². The standard InChI is InChI=1S/C18H19N3O/c1-21(2)15-10-8-14(9-11-15)18(22)17-16(12-19-20-17)13-6-4-3-5-7-13/h3-11,16-17H,12H2,1-2H3. The lowest BCUT2D eigenvalue weighted by atomic mass is 9.88. The van der Waals surface area contributed by atoms with Gasteiger partial charge in [0, 0.05) is 31.3 Å². The molecule has 2 aromatic carbocycles. The van der Waals surface area contributed by atoms with Crippen LogP contribution in [0.25, 0.3) is 0 Å². The number of ketones is 1.